The van der Waals surface area contributed by atoms with Crippen LogP contribution >= 0.6 is 0 Å². The molecule has 2 atom stereocenters. The number of nitrogens with zero attached hydrogens (tertiary/aromatic N) is 3. The molecule has 4 nitrogen and oxygen atoms in total. The zero-order valence-corrected chi connectivity index (χ0v) is 22.5. The van der Waals surface area contributed by atoms with Gasteiger partial charge in [0.05, 0.1) is 29.4 Å². The van der Waals surface area contributed by atoms with Crippen molar-refractivity contribution >= 4 is 11.7 Å². The molecule has 42 heavy (non-hydrogen) atoms. The number of benzene rings is 5. The Bertz CT molecular complexity index is 2110. The third kappa shape index (κ3) is 3.19. The van der Waals surface area contributed by atoms with Gasteiger partial charge < -0.3 is 4.74 Å². The van der Waals surface area contributed by atoms with Crippen molar-refractivity contribution in [1.29, 1.82) is 5.26 Å². The SMILES string of the molecule is N#Cc1ccc2c(c1)-c1ccccc1-c1cc(-c3cccc4c3OC3=NC5C=CC=CC5N34)ccc1-c1ccccc1-2. The van der Waals surface area contributed by atoms with Crippen molar-refractivity contribution in [1.82, 2.24) is 0 Å². The van der Waals surface area contributed by atoms with Crippen LogP contribution < -0.4 is 9.64 Å². The lowest BCUT2D eigenvalue weighted by atomic mass is 9.79. The van der Waals surface area contributed by atoms with E-state index in [1.165, 1.54) is 11.1 Å². The van der Waals surface area contributed by atoms with Crippen molar-refractivity contribution in [3.63, 3.8) is 0 Å². The van der Waals surface area contributed by atoms with Gasteiger partial charge in [-0.05, 0) is 74.3 Å². The van der Waals surface area contributed by atoms with Crippen LogP contribution in [0.3, 0.4) is 0 Å². The van der Waals surface area contributed by atoms with Crippen LogP contribution in [-0.2, 0) is 0 Å². The van der Waals surface area contributed by atoms with Gasteiger partial charge in [0.2, 0.25) is 0 Å². The molecule has 0 saturated heterocycles. The largest absolute Gasteiger partial charge is 0.423 e. The number of nitriles is 1. The third-order valence-corrected chi connectivity index (χ3v) is 8.78. The van der Waals surface area contributed by atoms with Crippen LogP contribution in [0.25, 0.3) is 55.6 Å². The minimum Gasteiger partial charge on any atom is -0.423 e. The zero-order valence-electron chi connectivity index (χ0n) is 22.5. The van der Waals surface area contributed by atoms with E-state index < -0.39 is 0 Å². The molecule has 5 aromatic carbocycles. The van der Waals surface area contributed by atoms with Gasteiger partial charge in [0.15, 0.2) is 5.75 Å². The molecule has 9 rings (SSSR count). The second-order valence-electron chi connectivity index (χ2n) is 11.0. The molecule has 4 aliphatic rings. The average molecular weight is 538 g/mol. The standard InChI is InChI=1S/C38H23N3O/c39-22-23-16-18-30-26-8-1-2-9-27(26)31-19-17-24(21-33(31)29-11-4-3-10-28(29)32(30)20-23)25-12-7-15-36-37(25)42-38-40-34-13-5-6-14-35(34)41(36)38/h1-21,34-35H. The minimum atomic E-state index is 0.0826. The van der Waals surface area contributed by atoms with E-state index in [0.29, 0.717) is 11.6 Å². The first-order chi connectivity index (χ1) is 20.8. The highest BCUT2D eigenvalue weighted by molar-refractivity contribution is 6.07. The normalized spacial score (nSPS) is 18.1. The van der Waals surface area contributed by atoms with Crippen molar-refractivity contribution in [3.05, 3.63) is 133 Å². The van der Waals surface area contributed by atoms with E-state index in [-0.39, 0.29) is 12.1 Å². The summed E-state index contributed by atoms with van der Waals surface area (Å²) in [4.78, 5) is 7.08. The first-order valence-electron chi connectivity index (χ1n) is 14.2. The molecule has 4 heteroatoms. The molecule has 0 bridgehead atoms. The van der Waals surface area contributed by atoms with Crippen LogP contribution in [0.2, 0.25) is 0 Å². The Kier molecular flexibility index (Phi) is 4.76. The molecule has 0 N–H and O–H groups in total. The van der Waals surface area contributed by atoms with E-state index in [4.69, 9.17) is 9.73 Å². The maximum Gasteiger partial charge on any atom is 0.299 e. The molecule has 2 aliphatic carbocycles. The molecule has 196 valence electrons. The maximum absolute atomic E-state index is 9.75. The van der Waals surface area contributed by atoms with Gasteiger partial charge in [-0.15, -0.1) is 0 Å². The monoisotopic (exact) mass is 537 g/mol. The molecular formula is C38H23N3O. The molecule has 0 radical (unpaired) electrons. The highest BCUT2D eigenvalue weighted by Gasteiger charge is 2.43. The Labute approximate surface area is 243 Å². The average Bonchev–Trinajstić information content (AvgIpc) is 3.60. The summed E-state index contributed by atoms with van der Waals surface area (Å²) in [6.45, 7) is 0. The number of hydrogen-bond donors (Lipinski definition) is 0. The predicted octanol–water partition coefficient (Wildman–Crippen LogP) is 8.64. The lowest BCUT2D eigenvalue weighted by Crippen LogP contribution is -2.37. The van der Waals surface area contributed by atoms with Crippen LogP contribution in [0.1, 0.15) is 5.56 Å². The van der Waals surface area contributed by atoms with Gasteiger partial charge >= 0.3 is 0 Å². The van der Waals surface area contributed by atoms with Gasteiger partial charge in [-0.1, -0.05) is 103 Å². The first kappa shape index (κ1) is 23.1. The summed E-state index contributed by atoms with van der Waals surface area (Å²) in [5, 5.41) is 9.75. The van der Waals surface area contributed by atoms with Crippen LogP contribution in [0.4, 0.5) is 5.69 Å². The molecule has 0 aromatic heterocycles. The summed E-state index contributed by atoms with van der Waals surface area (Å²) in [5.41, 5.74) is 12.9. The quantitative estimate of drug-likeness (QED) is 0.211. The highest BCUT2D eigenvalue weighted by atomic mass is 16.5. The predicted molar refractivity (Wildman–Crippen MR) is 168 cm³/mol. The van der Waals surface area contributed by atoms with Crippen LogP contribution in [-0.4, -0.2) is 18.1 Å². The number of ether oxygens (including phenoxy) is 1. The fraction of sp³-hybridized carbons (Fsp3) is 0.0526. The number of hydrogen-bond acceptors (Lipinski definition) is 4. The zero-order chi connectivity index (χ0) is 27.8. The van der Waals surface area contributed by atoms with Gasteiger partial charge in [0, 0.05) is 5.56 Å². The Balaban J connectivity index is 1.27. The summed E-state index contributed by atoms with van der Waals surface area (Å²) < 4.78 is 6.47. The maximum atomic E-state index is 9.75. The van der Waals surface area contributed by atoms with Crippen LogP contribution in [0.5, 0.6) is 5.75 Å². The molecular weight excluding hydrogens is 514 g/mol. The lowest BCUT2D eigenvalue weighted by molar-refractivity contribution is 0.568. The molecule has 2 unspecified atom stereocenters. The fourth-order valence-electron chi connectivity index (χ4n) is 6.89. The number of anilines is 1. The second kappa shape index (κ2) is 8.67. The topological polar surface area (TPSA) is 48.6 Å². The van der Waals surface area contributed by atoms with E-state index in [1.54, 1.807) is 0 Å². The molecule has 2 heterocycles. The number of amidine groups is 1. The molecule has 5 aromatic rings. The minimum absolute atomic E-state index is 0.0826. The molecule has 0 spiro atoms. The number of aliphatic imine (C=N–C) groups is 1. The highest BCUT2D eigenvalue weighted by Crippen LogP contribution is 2.51. The smallest absolute Gasteiger partial charge is 0.299 e. The molecule has 0 amide bonds. The Hall–Kier alpha value is -5.66. The Morgan fingerprint density at radius 2 is 1.24 bits per heavy atom. The molecule has 0 fully saturated rings. The summed E-state index contributed by atoms with van der Waals surface area (Å²) in [6.07, 6.45) is 8.47. The number of rotatable bonds is 1. The Morgan fingerprint density at radius 3 is 1.98 bits per heavy atom. The van der Waals surface area contributed by atoms with Crippen molar-refractivity contribution in [2.24, 2.45) is 4.99 Å². The van der Waals surface area contributed by atoms with Crippen molar-refractivity contribution in [2.45, 2.75) is 12.1 Å². The Morgan fingerprint density at radius 1 is 0.619 bits per heavy atom. The van der Waals surface area contributed by atoms with E-state index in [9.17, 15) is 5.26 Å². The lowest BCUT2D eigenvalue weighted by Gasteiger charge is -2.24. The molecule has 2 aliphatic heterocycles. The van der Waals surface area contributed by atoms with E-state index in [1.807, 2.05) is 12.1 Å². The second-order valence-corrected chi connectivity index (χ2v) is 11.0. The van der Waals surface area contributed by atoms with E-state index >= 15 is 0 Å². The van der Waals surface area contributed by atoms with Crippen LogP contribution in [0.15, 0.2) is 132 Å². The number of para-hydroxylation sites is 1. The number of allylic oxidation sites excluding steroid dienone is 2. The van der Waals surface area contributed by atoms with E-state index in [2.05, 4.69) is 126 Å². The van der Waals surface area contributed by atoms with Crippen molar-refractivity contribution in [2.75, 3.05) is 4.90 Å². The van der Waals surface area contributed by atoms with E-state index in [0.717, 1.165) is 55.9 Å². The summed E-state index contributed by atoms with van der Waals surface area (Å²) in [6, 6.07) is 39.4. The fourth-order valence-corrected chi connectivity index (χ4v) is 6.89. The summed E-state index contributed by atoms with van der Waals surface area (Å²) >= 11 is 0. The summed E-state index contributed by atoms with van der Waals surface area (Å²) in [5.74, 6) is 0.848. The number of fused-ring (bicyclic) bond motifs is 13. The van der Waals surface area contributed by atoms with Crippen molar-refractivity contribution < 1.29 is 4.74 Å². The van der Waals surface area contributed by atoms with Gasteiger partial charge in [0.25, 0.3) is 6.02 Å². The van der Waals surface area contributed by atoms with Gasteiger partial charge in [-0.3, -0.25) is 4.90 Å². The van der Waals surface area contributed by atoms with Gasteiger partial charge in [-0.25, -0.2) is 4.99 Å². The first-order valence-corrected chi connectivity index (χ1v) is 14.2. The molecule has 0 saturated carbocycles. The van der Waals surface area contributed by atoms with Crippen LogP contribution in [0, 0.1) is 11.3 Å². The van der Waals surface area contributed by atoms with Gasteiger partial charge in [0.1, 0.15) is 0 Å². The third-order valence-electron chi connectivity index (χ3n) is 8.78. The van der Waals surface area contributed by atoms with Gasteiger partial charge in [-0.2, -0.15) is 5.26 Å². The van der Waals surface area contributed by atoms with Crippen molar-refractivity contribution in [3.8, 4) is 67.5 Å². The summed E-state index contributed by atoms with van der Waals surface area (Å²) in [7, 11) is 0.